The van der Waals surface area contributed by atoms with Crippen LogP contribution in [-0.4, -0.2) is 0 Å². The van der Waals surface area contributed by atoms with Gasteiger partial charge in [0.1, 0.15) is 5.82 Å². The van der Waals surface area contributed by atoms with Crippen molar-refractivity contribution in [3.05, 3.63) is 52.3 Å². The van der Waals surface area contributed by atoms with Crippen LogP contribution in [0, 0.1) is 19.7 Å². The average Bonchev–Trinajstić information content (AvgIpc) is 2.23. The summed E-state index contributed by atoms with van der Waals surface area (Å²) in [6.45, 7) is 3.76. The van der Waals surface area contributed by atoms with Crippen molar-refractivity contribution in [2.45, 2.75) is 13.8 Å². The fraction of sp³-hybridized carbons (Fsp3) is 0.143. The standard InChI is InChI=1S/C14H14ClFN2/c1-8-3-10(16)7-11(4-8)18-13-6-9(2)5-12(17)14(13)15/h3-7,18H,17H2,1-2H3. The number of nitrogen functional groups attached to an aromatic ring is 1. The molecule has 3 N–H and O–H groups in total. The van der Waals surface area contributed by atoms with Crippen LogP contribution in [0.25, 0.3) is 0 Å². The normalized spacial score (nSPS) is 10.4. The molecule has 4 heteroatoms. The molecular weight excluding hydrogens is 251 g/mol. The number of halogens is 2. The van der Waals surface area contributed by atoms with E-state index >= 15 is 0 Å². The van der Waals surface area contributed by atoms with Crippen molar-refractivity contribution in [2.24, 2.45) is 0 Å². The van der Waals surface area contributed by atoms with Gasteiger partial charge in [0.05, 0.1) is 16.4 Å². The molecule has 2 aromatic carbocycles. The van der Waals surface area contributed by atoms with E-state index in [0.717, 1.165) is 11.1 Å². The summed E-state index contributed by atoms with van der Waals surface area (Å²) in [5.41, 5.74) is 9.46. The first-order valence-corrected chi connectivity index (χ1v) is 5.93. The quantitative estimate of drug-likeness (QED) is 0.788. The zero-order valence-electron chi connectivity index (χ0n) is 10.2. The second-order valence-corrected chi connectivity index (χ2v) is 4.74. The minimum absolute atomic E-state index is 0.283. The summed E-state index contributed by atoms with van der Waals surface area (Å²) < 4.78 is 13.3. The summed E-state index contributed by atoms with van der Waals surface area (Å²) in [6.07, 6.45) is 0. The predicted molar refractivity (Wildman–Crippen MR) is 75.0 cm³/mol. The molecule has 0 saturated carbocycles. The Morgan fingerprint density at radius 3 is 2.39 bits per heavy atom. The van der Waals surface area contributed by atoms with Gasteiger partial charge in [-0.05, 0) is 55.3 Å². The molecular formula is C14H14ClFN2. The van der Waals surface area contributed by atoms with Gasteiger partial charge in [-0.3, -0.25) is 0 Å². The number of nitrogens with two attached hydrogens (primary N) is 1. The summed E-state index contributed by atoms with van der Waals surface area (Å²) in [6, 6.07) is 8.40. The molecule has 0 amide bonds. The zero-order valence-corrected chi connectivity index (χ0v) is 11.0. The summed E-state index contributed by atoms with van der Waals surface area (Å²) in [4.78, 5) is 0. The molecule has 0 heterocycles. The minimum Gasteiger partial charge on any atom is -0.397 e. The van der Waals surface area contributed by atoms with Gasteiger partial charge in [-0.25, -0.2) is 4.39 Å². The molecule has 0 bridgehead atoms. The largest absolute Gasteiger partial charge is 0.397 e. The zero-order chi connectivity index (χ0) is 13.3. The lowest BCUT2D eigenvalue weighted by atomic mass is 10.1. The third-order valence-electron chi connectivity index (χ3n) is 2.57. The Labute approximate surface area is 111 Å². The van der Waals surface area contributed by atoms with Crippen LogP contribution >= 0.6 is 11.6 Å². The number of benzene rings is 2. The molecule has 0 fully saturated rings. The van der Waals surface area contributed by atoms with E-state index in [2.05, 4.69) is 5.32 Å². The summed E-state index contributed by atoms with van der Waals surface area (Å²) in [7, 11) is 0. The molecule has 0 aliphatic rings. The highest BCUT2D eigenvalue weighted by Gasteiger charge is 2.06. The fourth-order valence-corrected chi connectivity index (χ4v) is 2.01. The SMILES string of the molecule is Cc1cc(F)cc(Nc2cc(C)cc(N)c2Cl)c1. The van der Waals surface area contributed by atoms with E-state index in [9.17, 15) is 4.39 Å². The van der Waals surface area contributed by atoms with Crippen molar-refractivity contribution in [1.29, 1.82) is 0 Å². The Hall–Kier alpha value is -1.74. The van der Waals surface area contributed by atoms with Gasteiger partial charge in [0.2, 0.25) is 0 Å². The van der Waals surface area contributed by atoms with Gasteiger partial charge < -0.3 is 11.1 Å². The predicted octanol–water partition coefficient (Wildman–Crippen LogP) is 4.42. The number of anilines is 3. The molecule has 0 aromatic heterocycles. The number of hydrogen-bond donors (Lipinski definition) is 2. The highest BCUT2D eigenvalue weighted by atomic mass is 35.5. The third kappa shape index (κ3) is 2.74. The van der Waals surface area contributed by atoms with Crippen LogP contribution in [0.2, 0.25) is 5.02 Å². The highest BCUT2D eigenvalue weighted by molar-refractivity contribution is 6.35. The van der Waals surface area contributed by atoms with Gasteiger partial charge in [0.15, 0.2) is 0 Å². The molecule has 2 rings (SSSR count). The van der Waals surface area contributed by atoms with E-state index < -0.39 is 0 Å². The second kappa shape index (κ2) is 4.86. The first kappa shape index (κ1) is 12.7. The maximum atomic E-state index is 13.3. The first-order chi connectivity index (χ1) is 8.45. The number of hydrogen-bond acceptors (Lipinski definition) is 2. The molecule has 0 aliphatic heterocycles. The lowest BCUT2D eigenvalue weighted by Crippen LogP contribution is -1.96. The van der Waals surface area contributed by atoms with Crippen molar-refractivity contribution >= 4 is 28.7 Å². The van der Waals surface area contributed by atoms with Crippen molar-refractivity contribution < 1.29 is 4.39 Å². The molecule has 2 nitrogen and oxygen atoms in total. The number of nitrogens with one attached hydrogen (secondary N) is 1. The Morgan fingerprint density at radius 1 is 1.06 bits per heavy atom. The Morgan fingerprint density at radius 2 is 1.72 bits per heavy atom. The molecule has 94 valence electrons. The Bertz CT molecular complexity index is 576. The highest BCUT2D eigenvalue weighted by Crippen LogP contribution is 2.32. The van der Waals surface area contributed by atoms with Crippen LogP contribution in [0.1, 0.15) is 11.1 Å². The lowest BCUT2D eigenvalue weighted by Gasteiger charge is -2.12. The van der Waals surface area contributed by atoms with Crippen molar-refractivity contribution in [2.75, 3.05) is 11.1 Å². The van der Waals surface area contributed by atoms with Crippen LogP contribution in [0.15, 0.2) is 30.3 Å². The molecule has 0 atom stereocenters. The maximum Gasteiger partial charge on any atom is 0.125 e. The molecule has 2 aromatic rings. The Kier molecular flexibility index (Phi) is 3.43. The summed E-state index contributed by atoms with van der Waals surface area (Å²) >= 11 is 6.11. The van der Waals surface area contributed by atoms with Gasteiger partial charge in [-0.15, -0.1) is 0 Å². The topological polar surface area (TPSA) is 38.0 Å². The molecule has 18 heavy (non-hydrogen) atoms. The first-order valence-electron chi connectivity index (χ1n) is 5.55. The molecule has 0 saturated heterocycles. The van der Waals surface area contributed by atoms with Crippen LogP contribution in [0.4, 0.5) is 21.5 Å². The van der Waals surface area contributed by atoms with Gasteiger partial charge >= 0.3 is 0 Å². The van der Waals surface area contributed by atoms with Crippen LogP contribution in [0.3, 0.4) is 0 Å². The third-order valence-corrected chi connectivity index (χ3v) is 2.99. The lowest BCUT2D eigenvalue weighted by molar-refractivity contribution is 0.627. The summed E-state index contributed by atoms with van der Waals surface area (Å²) in [5, 5.41) is 3.53. The van der Waals surface area contributed by atoms with E-state index in [1.165, 1.54) is 12.1 Å². The Balaban J connectivity index is 2.39. The fourth-order valence-electron chi connectivity index (χ4n) is 1.85. The second-order valence-electron chi connectivity index (χ2n) is 4.36. The number of aryl methyl sites for hydroxylation is 2. The molecule has 0 spiro atoms. The van der Waals surface area contributed by atoms with Crippen molar-refractivity contribution in [1.82, 2.24) is 0 Å². The van der Waals surface area contributed by atoms with Crippen LogP contribution in [0.5, 0.6) is 0 Å². The van der Waals surface area contributed by atoms with Crippen LogP contribution in [-0.2, 0) is 0 Å². The van der Waals surface area contributed by atoms with Crippen LogP contribution < -0.4 is 11.1 Å². The van der Waals surface area contributed by atoms with Gasteiger partial charge in [0, 0.05) is 5.69 Å². The molecule has 0 unspecified atom stereocenters. The average molecular weight is 265 g/mol. The van der Waals surface area contributed by atoms with E-state index in [1.807, 2.05) is 26.0 Å². The molecule has 0 aliphatic carbocycles. The van der Waals surface area contributed by atoms with Gasteiger partial charge in [-0.1, -0.05) is 11.6 Å². The van der Waals surface area contributed by atoms with E-state index in [0.29, 0.717) is 22.1 Å². The van der Waals surface area contributed by atoms with E-state index in [1.54, 1.807) is 6.07 Å². The minimum atomic E-state index is -0.283. The number of rotatable bonds is 2. The van der Waals surface area contributed by atoms with E-state index in [-0.39, 0.29) is 5.82 Å². The van der Waals surface area contributed by atoms with Gasteiger partial charge in [0.25, 0.3) is 0 Å². The maximum absolute atomic E-state index is 13.3. The summed E-state index contributed by atoms with van der Waals surface area (Å²) in [5.74, 6) is -0.283. The van der Waals surface area contributed by atoms with Crippen molar-refractivity contribution in [3.8, 4) is 0 Å². The van der Waals surface area contributed by atoms with Crippen molar-refractivity contribution in [3.63, 3.8) is 0 Å². The van der Waals surface area contributed by atoms with Gasteiger partial charge in [-0.2, -0.15) is 0 Å². The van der Waals surface area contributed by atoms with E-state index in [4.69, 9.17) is 17.3 Å². The monoisotopic (exact) mass is 264 g/mol. The molecule has 0 radical (unpaired) electrons. The smallest absolute Gasteiger partial charge is 0.125 e.